The molecule has 8 heterocycles. The Balaban J connectivity index is 0.915. The normalized spacial score (nSPS) is 37.4. The molecule has 3 aromatic rings. The van der Waals surface area contributed by atoms with E-state index < -0.39 is 239 Å². The molecule has 10 rings (SSSR count). The molecule has 7 aliphatic rings. The number of benzene rings is 2. The molecule has 38 heteroatoms. The fourth-order valence-corrected chi connectivity index (χ4v) is 13.1. The Morgan fingerprint density at radius 2 is 1.28 bits per heavy atom. The first-order valence-electron chi connectivity index (χ1n) is 31.1. The molecule has 0 saturated carbocycles. The number of nitrogens with one attached hydrogen (secondary N) is 11. The molecule has 23 N–H and O–H groups in total. The Labute approximate surface area is 555 Å². The van der Waals surface area contributed by atoms with Gasteiger partial charge in [0, 0.05) is 25.4 Å². The maximum atomic E-state index is 15.2. The van der Waals surface area contributed by atoms with Crippen molar-refractivity contribution in [3.8, 4) is 5.75 Å². The molecule has 6 amide bonds. The van der Waals surface area contributed by atoms with E-state index in [1.54, 1.807) is 49.4 Å². The average molecular weight is 1390 g/mol. The molecule has 7 fully saturated rings. The molecule has 1 aromatic heterocycles. The van der Waals surface area contributed by atoms with Crippen LogP contribution in [0.4, 0.5) is 0 Å². The van der Waals surface area contributed by atoms with Crippen molar-refractivity contribution in [3.05, 3.63) is 88.1 Å². The van der Waals surface area contributed by atoms with Crippen molar-refractivity contribution in [2.75, 3.05) is 46.1 Å². The zero-order valence-corrected chi connectivity index (χ0v) is 52.4. The first kappa shape index (κ1) is 72.3. The molecule has 0 spiro atoms. The number of hydrogen-bond acceptors (Lipinski definition) is 28. The fraction of sp³-hybridized carbons (Fsp3) is 0.593. The molecule has 26 unspecified atom stereocenters. The van der Waals surface area contributed by atoms with Gasteiger partial charge in [0.1, 0.15) is 121 Å². The highest BCUT2D eigenvalue weighted by molar-refractivity contribution is 7.10. The lowest BCUT2D eigenvalue weighted by molar-refractivity contribution is -0.382. The minimum atomic E-state index is -2.35. The van der Waals surface area contributed by atoms with Crippen molar-refractivity contribution in [2.45, 2.75) is 172 Å². The minimum absolute atomic E-state index is 0.0464. The number of ether oxygens (including phenoxy) is 7. The zero-order valence-electron chi connectivity index (χ0n) is 51.6. The molecule has 7 saturated heterocycles. The number of thiophene rings is 1. The van der Waals surface area contributed by atoms with Gasteiger partial charge in [-0.3, -0.25) is 39.6 Å². The number of rotatable bonds is 17. The van der Waals surface area contributed by atoms with Crippen LogP contribution in [-0.4, -0.2) is 306 Å². The summed E-state index contributed by atoms with van der Waals surface area (Å²) in [6, 6.07) is 4.50. The van der Waals surface area contributed by atoms with Gasteiger partial charge < -0.3 is 147 Å². The molecular weight excluding hydrogens is 1310 g/mol. The highest BCUT2D eigenvalue weighted by atomic mass is 32.1. The van der Waals surface area contributed by atoms with E-state index in [-0.39, 0.29) is 30.4 Å². The summed E-state index contributed by atoms with van der Waals surface area (Å²) in [7, 11) is 0. The van der Waals surface area contributed by atoms with Gasteiger partial charge in [0.05, 0.1) is 49.9 Å². The number of carbonyl (C=O) groups is 6. The van der Waals surface area contributed by atoms with E-state index in [1.165, 1.54) is 35.6 Å². The lowest BCUT2D eigenvalue weighted by atomic mass is 9.92. The maximum absolute atomic E-state index is 15.2. The van der Waals surface area contributed by atoms with Crippen LogP contribution >= 0.6 is 11.3 Å². The van der Waals surface area contributed by atoms with Gasteiger partial charge in [-0.05, 0) is 34.7 Å². The van der Waals surface area contributed by atoms with Crippen LogP contribution in [0.25, 0.3) is 0 Å². The van der Waals surface area contributed by atoms with Crippen LogP contribution < -0.4 is 52.6 Å². The third-order valence-electron chi connectivity index (χ3n) is 17.8. The summed E-state index contributed by atoms with van der Waals surface area (Å²) < 4.78 is 41.1. The molecule has 0 aliphatic carbocycles. The third kappa shape index (κ3) is 16.0. The molecule has 0 bridgehead atoms. The molecule has 2 aromatic carbocycles. The van der Waals surface area contributed by atoms with Crippen molar-refractivity contribution in [3.63, 3.8) is 0 Å². The van der Waals surface area contributed by atoms with Crippen molar-refractivity contribution >= 4 is 58.7 Å². The van der Waals surface area contributed by atoms with Crippen LogP contribution in [0.1, 0.15) is 35.1 Å². The average Bonchev–Trinajstić information content (AvgIpc) is 1.71. The summed E-state index contributed by atoms with van der Waals surface area (Å²) >= 11 is 1.36. The summed E-state index contributed by atoms with van der Waals surface area (Å²) in [5.41, 5.74) is 0.730. The van der Waals surface area contributed by atoms with Crippen molar-refractivity contribution < 1.29 is 123 Å². The van der Waals surface area contributed by atoms with Gasteiger partial charge in [0.25, 0.3) is 0 Å². The van der Waals surface area contributed by atoms with E-state index >= 15 is 9.59 Å². The Bertz CT molecular complexity index is 3240. The van der Waals surface area contributed by atoms with Crippen LogP contribution in [0, 0.1) is 10.8 Å². The second-order valence-corrected chi connectivity index (χ2v) is 25.2. The topological polar surface area (TPSA) is 569 Å². The quantitative estimate of drug-likeness (QED) is 0.0597. The minimum Gasteiger partial charge on any atom is -0.462 e. The van der Waals surface area contributed by atoms with E-state index in [2.05, 4.69) is 47.9 Å². The largest absolute Gasteiger partial charge is 0.462 e. The van der Waals surface area contributed by atoms with Crippen LogP contribution in [0.3, 0.4) is 0 Å². The Morgan fingerprint density at radius 3 is 1.95 bits per heavy atom. The SMILES string of the molecule is CC(c1ccccc1)C1NC(=O)CNC(=O)C(CO)NC(=O)C(C(O)C2CNC(=N)N2C2OC(CO)C(O)C(O)C2O)NC(=O)C(C(O)C2CNC(=N)N2)NC(=O)C(Cc2ccc(OC3OC(CO)C(OC4OC5COC(c6cccs6)OC5C(O)C4O)C(O)C3O)cc2)NC1=O. The molecular formula is C59H80N12O25S. The highest BCUT2D eigenvalue weighted by Gasteiger charge is 2.56. The van der Waals surface area contributed by atoms with Gasteiger partial charge in [0.2, 0.25) is 41.7 Å². The Hall–Kier alpha value is -7.42. The molecule has 532 valence electrons. The number of amides is 6. The second kappa shape index (κ2) is 31.6. The number of fused-ring (bicyclic) bond motifs is 1. The van der Waals surface area contributed by atoms with Gasteiger partial charge in [-0.2, -0.15) is 0 Å². The monoisotopic (exact) mass is 1390 g/mol. The summed E-state index contributed by atoms with van der Waals surface area (Å²) in [5.74, 6) is -9.20. The number of nitrogens with zero attached hydrogens (tertiary/aromatic N) is 1. The fourth-order valence-electron chi connectivity index (χ4n) is 12.4. The predicted molar refractivity (Wildman–Crippen MR) is 326 cm³/mol. The number of carbonyl (C=O) groups excluding carboxylic acids is 6. The smallest absolute Gasteiger partial charge is 0.246 e. The molecule has 0 radical (unpaired) electrons. The summed E-state index contributed by atoms with van der Waals surface area (Å²) in [5, 5.41) is 174. The number of guanidine groups is 2. The highest BCUT2D eigenvalue weighted by Crippen LogP contribution is 2.38. The molecule has 7 aliphatic heterocycles. The van der Waals surface area contributed by atoms with Gasteiger partial charge in [-0.25, -0.2) is 0 Å². The van der Waals surface area contributed by atoms with E-state index in [4.69, 9.17) is 44.0 Å². The number of aliphatic hydroxyl groups excluding tert-OH is 12. The molecule has 97 heavy (non-hydrogen) atoms. The van der Waals surface area contributed by atoms with E-state index in [0.717, 1.165) is 4.90 Å². The van der Waals surface area contributed by atoms with Crippen LogP contribution in [0.2, 0.25) is 0 Å². The van der Waals surface area contributed by atoms with Crippen molar-refractivity contribution in [1.29, 1.82) is 10.8 Å². The van der Waals surface area contributed by atoms with Gasteiger partial charge in [-0.1, -0.05) is 55.5 Å². The van der Waals surface area contributed by atoms with Crippen LogP contribution in [0.5, 0.6) is 5.75 Å². The lowest BCUT2D eigenvalue weighted by Crippen LogP contribution is -2.69. The van der Waals surface area contributed by atoms with E-state index in [0.29, 0.717) is 10.4 Å². The summed E-state index contributed by atoms with van der Waals surface area (Å²) in [4.78, 5) is 88.9. The maximum Gasteiger partial charge on any atom is 0.246 e. The van der Waals surface area contributed by atoms with Gasteiger partial charge >= 0.3 is 0 Å². The van der Waals surface area contributed by atoms with Gasteiger partial charge in [-0.15, -0.1) is 11.3 Å². The van der Waals surface area contributed by atoms with E-state index in [1.807, 2.05) is 5.38 Å². The van der Waals surface area contributed by atoms with Gasteiger partial charge in [0.15, 0.2) is 30.7 Å². The first-order valence-corrected chi connectivity index (χ1v) is 31.9. The Kier molecular flexibility index (Phi) is 23.6. The Morgan fingerprint density at radius 1 is 0.608 bits per heavy atom. The number of hydrogen-bond donors (Lipinski definition) is 23. The van der Waals surface area contributed by atoms with Crippen molar-refractivity contribution in [2.24, 2.45) is 0 Å². The summed E-state index contributed by atoms with van der Waals surface area (Å²) in [6.45, 7) is -3.07. The van der Waals surface area contributed by atoms with E-state index in [9.17, 15) is 80.5 Å². The van der Waals surface area contributed by atoms with Crippen LogP contribution in [-0.2, 0) is 63.6 Å². The lowest BCUT2D eigenvalue weighted by Gasteiger charge is -2.48. The number of aliphatic hydroxyl groups is 12. The van der Waals surface area contributed by atoms with Crippen molar-refractivity contribution in [1.82, 2.24) is 52.8 Å². The van der Waals surface area contributed by atoms with Crippen LogP contribution in [0.15, 0.2) is 72.1 Å². The molecule has 26 atom stereocenters. The summed E-state index contributed by atoms with van der Waals surface area (Å²) in [6.07, 6.45) is -30.6. The predicted octanol–water partition coefficient (Wildman–Crippen LogP) is -10.4. The standard InChI is InChI=1S/C59H80N12O25S/c1-22(24-6-3-2-4-7-24)35-51(87)65-26(14-23-9-11-25(12-10-23)91-56-45(83)42(80)47(31(20-74)93-56)96-57-46(84)43(81)48-32(94-57)21-90-55(95-48)33-8-5-13-97-33)50(86)69-36(38(76)27-15-63-58(60)67-27)53(89)70-37(52(88)66-28(18-72)49(85)62-17-34(75)68-35)39(77)29-16-64-59(61)71(29)54-44(82)41(79)40(78)30(19-73)92-54/h2-13,22,26-32,35-48,54-57,72-74,76-84H,14-21H2,1H3,(H2,61,64)(H,62,85)(H,65,87)(H,66,88)(H,68,75)(H,69,86)(H,70,89)(H3,60,63,67). The zero-order chi connectivity index (χ0) is 69.7. The molecule has 37 nitrogen and oxygen atoms in total. The first-order chi connectivity index (χ1) is 46.4. The third-order valence-corrected chi connectivity index (χ3v) is 18.7. The second-order valence-electron chi connectivity index (χ2n) is 24.2.